The van der Waals surface area contributed by atoms with Gasteiger partial charge >= 0.3 is 0 Å². The SMILES string of the molecule is CC1(C)O[C@@H]2[C@@H](O1)[C@@H]1OC(C)(C)OCC1=C[C@@H]2NC(=S)N[C@@H]1[C@H](O)[C@@H](O)[C@H](O)[C@]1(O)CO. The van der Waals surface area contributed by atoms with Gasteiger partial charge in [0.15, 0.2) is 16.7 Å². The number of ether oxygens (including phenoxy) is 4. The Morgan fingerprint density at radius 2 is 1.69 bits per heavy atom. The average Bonchev–Trinajstić information content (AvgIpc) is 3.12. The van der Waals surface area contributed by atoms with Crippen molar-refractivity contribution in [2.24, 2.45) is 0 Å². The zero-order valence-electron chi connectivity index (χ0n) is 18.4. The predicted octanol–water partition coefficient (Wildman–Crippen LogP) is -2.38. The van der Waals surface area contributed by atoms with Crippen molar-refractivity contribution in [3.63, 3.8) is 0 Å². The number of nitrogens with one attached hydrogen (secondary N) is 2. The Kier molecular flexibility index (Phi) is 6.11. The van der Waals surface area contributed by atoms with Crippen LogP contribution in [0, 0.1) is 0 Å². The Morgan fingerprint density at radius 3 is 2.34 bits per heavy atom. The summed E-state index contributed by atoms with van der Waals surface area (Å²) in [5.41, 5.74) is -1.32. The molecule has 9 atom stereocenters. The van der Waals surface area contributed by atoms with Gasteiger partial charge in [0.05, 0.1) is 25.3 Å². The number of thiocarbonyl (C=S) groups is 1. The van der Waals surface area contributed by atoms with E-state index < -0.39 is 66.4 Å². The van der Waals surface area contributed by atoms with Gasteiger partial charge in [-0.25, -0.2) is 0 Å². The lowest BCUT2D eigenvalue weighted by molar-refractivity contribution is -0.273. The number of aliphatic hydroxyl groups is 5. The first-order valence-corrected chi connectivity index (χ1v) is 11.0. The number of fused-ring (bicyclic) bond motifs is 3. The molecule has 0 aromatic rings. The molecule has 0 unspecified atom stereocenters. The first kappa shape index (κ1) is 24.2. The molecule has 0 bridgehead atoms. The smallest absolute Gasteiger partial charge is 0.167 e. The second-order valence-corrected chi connectivity index (χ2v) is 10.1. The van der Waals surface area contributed by atoms with E-state index in [0.29, 0.717) is 6.61 Å². The van der Waals surface area contributed by atoms with Crippen LogP contribution in [-0.4, -0.2) is 110 Å². The lowest BCUT2D eigenvalue weighted by atomic mass is 9.87. The van der Waals surface area contributed by atoms with E-state index in [9.17, 15) is 25.5 Å². The molecule has 3 fully saturated rings. The highest BCUT2D eigenvalue weighted by Gasteiger charge is 2.59. The third-order valence-electron chi connectivity index (χ3n) is 6.48. The molecule has 0 aromatic carbocycles. The van der Waals surface area contributed by atoms with Gasteiger partial charge in [-0.05, 0) is 45.5 Å². The minimum absolute atomic E-state index is 0.0209. The highest BCUT2D eigenvalue weighted by atomic mass is 32.1. The van der Waals surface area contributed by atoms with Crippen molar-refractivity contribution in [2.45, 2.75) is 93.6 Å². The summed E-state index contributed by atoms with van der Waals surface area (Å²) >= 11 is 5.37. The van der Waals surface area contributed by atoms with Crippen molar-refractivity contribution in [3.05, 3.63) is 11.6 Å². The van der Waals surface area contributed by atoms with E-state index in [1.807, 2.05) is 33.8 Å². The van der Waals surface area contributed by atoms with Gasteiger partial charge in [0, 0.05) is 0 Å². The van der Waals surface area contributed by atoms with Crippen LogP contribution in [0.1, 0.15) is 27.7 Å². The van der Waals surface area contributed by atoms with Gasteiger partial charge in [-0.3, -0.25) is 0 Å². The van der Waals surface area contributed by atoms with E-state index in [4.69, 9.17) is 31.2 Å². The number of rotatable bonds is 3. The monoisotopic (exact) mass is 476 g/mol. The van der Waals surface area contributed by atoms with Gasteiger partial charge in [0.25, 0.3) is 0 Å². The zero-order valence-corrected chi connectivity index (χ0v) is 19.2. The van der Waals surface area contributed by atoms with Crippen LogP contribution in [0.3, 0.4) is 0 Å². The second kappa shape index (κ2) is 8.08. The Balaban J connectivity index is 1.53. The lowest BCUT2D eigenvalue weighted by Gasteiger charge is -2.44. The molecular formula is C20H32N2O9S. The fourth-order valence-corrected chi connectivity index (χ4v) is 5.11. The summed E-state index contributed by atoms with van der Waals surface area (Å²) in [5.74, 6) is -1.62. The molecule has 2 aliphatic carbocycles. The Hall–Kier alpha value is -0.930. The topological polar surface area (TPSA) is 162 Å². The summed E-state index contributed by atoms with van der Waals surface area (Å²) in [6, 6.07) is -1.77. The van der Waals surface area contributed by atoms with E-state index in [1.165, 1.54) is 0 Å². The molecule has 12 heteroatoms. The van der Waals surface area contributed by atoms with Crippen LogP contribution in [0.2, 0.25) is 0 Å². The molecule has 2 saturated heterocycles. The van der Waals surface area contributed by atoms with Crippen LogP contribution in [0.5, 0.6) is 0 Å². The summed E-state index contributed by atoms with van der Waals surface area (Å²) < 4.78 is 24.1. The maximum atomic E-state index is 10.6. The zero-order chi connectivity index (χ0) is 23.6. The number of hydrogen-bond donors (Lipinski definition) is 7. The maximum Gasteiger partial charge on any atom is 0.167 e. The molecule has 4 aliphatic rings. The molecule has 2 heterocycles. The molecule has 0 spiro atoms. The molecule has 182 valence electrons. The van der Waals surface area contributed by atoms with E-state index in [2.05, 4.69) is 10.6 Å². The summed E-state index contributed by atoms with van der Waals surface area (Å²) in [7, 11) is 0. The lowest BCUT2D eigenvalue weighted by Crippen LogP contribution is -2.63. The molecule has 11 nitrogen and oxygen atoms in total. The molecule has 2 aliphatic heterocycles. The summed E-state index contributed by atoms with van der Waals surface area (Å²) in [4.78, 5) is 0. The van der Waals surface area contributed by atoms with Crippen LogP contribution < -0.4 is 10.6 Å². The molecule has 4 rings (SSSR count). The van der Waals surface area contributed by atoms with Crippen molar-refractivity contribution in [1.29, 1.82) is 0 Å². The number of hydrogen-bond acceptors (Lipinski definition) is 10. The fraction of sp³-hybridized carbons (Fsp3) is 0.850. The van der Waals surface area contributed by atoms with Crippen molar-refractivity contribution < 1.29 is 44.5 Å². The summed E-state index contributed by atoms with van der Waals surface area (Å²) in [5, 5.41) is 56.2. The standard InChI is InChI=1S/C20H32N2O9S/c1-18(2)28-6-8-5-9(13-14(12(8)29-18)31-19(3,4)30-13)21-17(32)22-15-10(24)11(25)16(26)20(15,27)7-23/h5,9-16,23-27H,6-7H2,1-4H3,(H2,21,22,32)/t9-,10+,11+,12+,13-,14-,15+,16-,20-/m0/s1. The van der Waals surface area contributed by atoms with E-state index in [1.54, 1.807) is 0 Å². The van der Waals surface area contributed by atoms with Gasteiger partial charge in [-0.1, -0.05) is 6.08 Å². The molecule has 0 amide bonds. The van der Waals surface area contributed by atoms with Crippen LogP contribution in [0.4, 0.5) is 0 Å². The van der Waals surface area contributed by atoms with Gasteiger partial charge in [0.1, 0.15) is 42.2 Å². The van der Waals surface area contributed by atoms with E-state index >= 15 is 0 Å². The van der Waals surface area contributed by atoms with Gasteiger partial charge in [-0.2, -0.15) is 0 Å². The van der Waals surface area contributed by atoms with Gasteiger partial charge < -0.3 is 55.1 Å². The predicted molar refractivity (Wildman–Crippen MR) is 113 cm³/mol. The largest absolute Gasteiger partial charge is 0.393 e. The highest BCUT2D eigenvalue weighted by molar-refractivity contribution is 7.80. The number of aliphatic hydroxyl groups excluding tert-OH is 4. The molecule has 1 saturated carbocycles. The third kappa shape index (κ3) is 4.06. The quantitative estimate of drug-likeness (QED) is 0.171. The van der Waals surface area contributed by atoms with Crippen molar-refractivity contribution in [2.75, 3.05) is 13.2 Å². The summed E-state index contributed by atoms with van der Waals surface area (Å²) in [6.45, 7) is 6.73. The van der Waals surface area contributed by atoms with Gasteiger partial charge in [0.2, 0.25) is 0 Å². The first-order valence-electron chi connectivity index (χ1n) is 10.6. The van der Waals surface area contributed by atoms with Gasteiger partial charge in [-0.15, -0.1) is 0 Å². The van der Waals surface area contributed by atoms with Crippen molar-refractivity contribution in [1.82, 2.24) is 10.6 Å². The Bertz CT molecular complexity index is 793. The van der Waals surface area contributed by atoms with E-state index in [0.717, 1.165) is 5.57 Å². The molecule has 32 heavy (non-hydrogen) atoms. The third-order valence-corrected chi connectivity index (χ3v) is 6.71. The highest BCUT2D eigenvalue weighted by Crippen LogP contribution is 2.41. The minimum atomic E-state index is -2.19. The molecule has 0 radical (unpaired) electrons. The van der Waals surface area contributed by atoms with Crippen molar-refractivity contribution >= 4 is 17.3 Å². The van der Waals surface area contributed by atoms with Crippen molar-refractivity contribution in [3.8, 4) is 0 Å². The Labute approximate surface area is 191 Å². The average molecular weight is 477 g/mol. The fourth-order valence-electron chi connectivity index (χ4n) is 4.85. The van der Waals surface area contributed by atoms with Crippen LogP contribution in [-0.2, 0) is 18.9 Å². The molecule has 0 aromatic heterocycles. The minimum Gasteiger partial charge on any atom is -0.393 e. The molecular weight excluding hydrogens is 444 g/mol. The maximum absolute atomic E-state index is 10.6. The normalized spacial score (nSPS) is 46.7. The first-order chi connectivity index (χ1) is 14.8. The summed E-state index contributed by atoms with van der Waals surface area (Å²) in [6.07, 6.45) is -4.31. The van der Waals surface area contributed by atoms with Crippen LogP contribution in [0.25, 0.3) is 0 Å². The van der Waals surface area contributed by atoms with E-state index in [-0.39, 0.29) is 11.2 Å². The van der Waals surface area contributed by atoms with Crippen LogP contribution >= 0.6 is 12.2 Å². The Morgan fingerprint density at radius 1 is 1.03 bits per heavy atom. The molecule has 7 N–H and O–H groups in total. The van der Waals surface area contributed by atoms with Crippen LogP contribution in [0.15, 0.2) is 11.6 Å². The second-order valence-electron chi connectivity index (χ2n) is 9.73.